The molecule has 2 aromatic rings. The number of hydrogen-bond donors (Lipinski definition) is 0. The highest BCUT2D eigenvalue weighted by atomic mass is 27.3. The van der Waals surface area contributed by atoms with Crippen molar-refractivity contribution >= 4 is 38.7 Å². The maximum absolute atomic E-state index is 12.7. The summed E-state index contributed by atoms with van der Waals surface area (Å²) < 4.78 is 16.1. The predicted octanol–water partition coefficient (Wildman–Crippen LogP) is 3.91. The Morgan fingerprint density at radius 1 is 0.688 bits per heavy atom. The quantitative estimate of drug-likeness (QED) is 0.273. The van der Waals surface area contributed by atoms with Gasteiger partial charge in [-0.25, -0.2) is 0 Å². The summed E-state index contributed by atoms with van der Waals surface area (Å²) in [5.74, 6) is -4.44. The second-order valence-electron chi connectivity index (χ2n) is 7.00. The molecule has 0 aliphatic rings. The van der Waals surface area contributed by atoms with Gasteiger partial charge in [-0.1, -0.05) is 74.5 Å². The molecule has 0 aliphatic heterocycles. The maximum atomic E-state index is 12.7. The van der Waals surface area contributed by atoms with Crippen LogP contribution in [0, 0.1) is 11.8 Å². The molecule has 0 aliphatic carbocycles. The van der Waals surface area contributed by atoms with E-state index in [2.05, 4.69) is 0 Å². The molecule has 0 saturated carbocycles. The van der Waals surface area contributed by atoms with Gasteiger partial charge in [-0.15, -0.1) is 0 Å². The van der Waals surface area contributed by atoms with E-state index < -0.39 is 38.9 Å². The zero-order valence-electron chi connectivity index (χ0n) is 18.5. The molecule has 7 nitrogen and oxygen atoms in total. The third-order valence-electron chi connectivity index (χ3n) is 4.86. The fourth-order valence-electron chi connectivity index (χ4n) is 3.11. The van der Waals surface area contributed by atoms with Crippen molar-refractivity contribution < 1.29 is 30.5 Å². The van der Waals surface area contributed by atoms with E-state index in [1.54, 1.807) is 81.4 Å². The van der Waals surface area contributed by atoms with E-state index in [1.165, 1.54) is 0 Å². The Bertz CT molecular complexity index is 841. The van der Waals surface area contributed by atoms with Gasteiger partial charge in [0.25, 0.3) is 11.9 Å². The molecule has 0 spiro atoms. The number of hydrogen-bond acceptors (Lipinski definition) is 7. The highest BCUT2D eigenvalue weighted by molar-refractivity contribution is 6.42. The number of carbonyl (C=O) groups excluding carboxylic acids is 4. The van der Waals surface area contributed by atoms with Crippen LogP contribution < -0.4 is 0 Å². The van der Waals surface area contributed by atoms with Gasteiger partial charge in [-0.2, -0.15) is 0 Å². The first-order valence-electron chi connectivity index (χ1n) is 10.6. The number of Topliss-reactive ketones (excluding diaryl/α,β-unsaturated/α-hetero) is 2. The van der Waals surface area contributed by atoms with Crippen molar-refractivity contribution in [3.63, 3.8) is 0 Å². The highest BCUT2D eigenvalue weighted by Crippen LogP contribution is 2.18. The Morgan fingerprint density at radius 3 is 1.38 bits per heavy atom. The lowest BCUT2D eigenvalue weighted by Gasteiger charge is -2.19. The van der Waals surface area contributed by atoms with E-state index in [9.17, 15) is 19.2 Å². The minimum absolute atomic E-state index is 0.143. The Hall–Kier alpha value is -2.79. The van der Waals surface area contributed by atoms with Gasteiger partial charge >= 0.3 is 15.1 Å². The topological polar surface area (TPSA) is 96.0 Å². The minimum Gasteiger partial charge on any atom is -0.561 e. The van der Waals surface area contributed by atoms with E-state index in [-0.39, 0.29) is 31.0 Å². The summed E-state index contributed by atoms with van der Waals surface area (Å²) in [6, 6.07) is 16.9. The van der Waals surface area contributed by atoms with Gasteiger partial charge in [-0.05, 0) is 19.8 Å². The van der Waals surface area contributed by atoms with Crippen molar-refractivity contribution in [1.29, 1.82) is 0 Å². The second kappa shape index (κ2) is 12.9. The Balaban J connectivity index is 2.09. The molecule has 32 heavy (non-hydrogen) atoms. The molecule has 8 heteroatoms. The summed E-state index contributed by atoms with van der Waals surface area (Å²) in [4.78, 5) is 50.8. The first kappa shape index (κ1) is 25.5. The van der Waals surface area contributed by atoms with Crippen LogP contribution in [0.4, 0.5) is 0 Å². The van der Waals surface area contributed by atoms with Crippen LogP contribution in [0.1, 0.15) is 54.3 Å². The second-order valence-corrected chi connectivity index (χ2v) is 8.38. The fraction of sp³-hybridized carbons (Fsp3) is 0.333. The van der Waals surface area contributed by atoms with Crippen LogP contribution in [0.5, 0.6) is 0 Å². The van der Waals surface area contributed by atoms with Crippen LogP contribution in [0.3, 0.4) is 0 Å². The molecule has 2 rings (SSSR count). The lowest BCUT2D eigenvalue weighted by molar-refractivity contribution is -0.146. The molecular weight excluding hydrogens is 427 g/mol. The van der Waals surface area contributed by atoms with Crippen molar-refractivity contribution in [3.05, 3.63) is 71.8 Å². The van der Waals surface area contributed by atoms with Crippen molar-refractivity contribution in [2.75, 3.05) is 6.61 Å². The normalized spacial score (nSPS) is 12.3. The van der Waals surface area contributed by atoms with E-state index >= 15 is 0 Å². The Morgan fingerprint density at radius 2 is 1.06 bits per heavy atom. The number of ketones is 2. The van der Waals surface area contributed by atoms with Gasteiger partial charge in [0.15, 0.2) is 11.6 Å². The van der Waals surface area contributed by atoms with E-state index in [4.69, 9.17) is 11.4 Å². The summed E-state index contributed by atoms with van der Waals surface area (Å²) in [6.45, 7) is 5.20. The van der Waals surface area contributed by atoms with Crippen molar-refractivity contribution in [2.45, 2.75) is 33.6 Å². The van der Waals surface area contributed by atoms with Gasteiger partial charge in [-0.3, -0.25) is 19.2 Å². The SMILES string of the molecule is CC[O][Al]([O]C(=O)C(CC)C(=O)c1ccccc1)[O]C(=O)C(CC)C(=O)c1ccccc1. The third kappa shape index (κ3) is 6.86. The van der Waals surface area contributed by atoms with E-state index in [0.29, 0.717) is 11.1 Å². The summed E-state index contributed by atoms with van der Waals surface area (Å²) in [5.41, 5.74) is 0.782. The molecule has 2 aromatic carbocycles. The lowest BCUT2D eigenvalue weighted by atomic mass is 9.95. The molecule has 2 atom stereocenters. The molecule has 2 unspecified atom stereocenters. The Labute approximate surface area is 193 Å². The summed E-state index contributed by atoms with van der Waals surface area (Å²) in [6.07, 6.45) is 0.440. The van der Waals surface area contributed by atoms with Crippen LogP contribution in [-0.2, 0) is 21.0 Å². The summed E-state index contributed by atoms with van der Waals surface area (Å²) in [5, 5.41) is 0. The van der Waals surface area contributed by atoms with Crippen LogP contribution in [-0.4, -0.2) is 45.3 Å². The molecule has 0 radical (unpaired) electrons. The van der Waals surface area contributed by atoms with E-state index in [1.807, 2.05) is 0 Å². The number of carbonyl (C=O) groups is 4. The van der Waals surface area contributed by atoms with Crippen LogP contribution in [0.2, 0.25) is 0 Å². The zero-order chi connectivity index (χ0) is 23.5. The Kier molecular flexibility index (Phi) is 10.3. The number of benzene rings is 2. The monoisotopic (exact) mass is 454 g/mol. The van der Waals surface area contributed by atoms with Crippen LogP contribution in [0.25, 0.3) is 0 Å². The van der Waals surface area contributed by atoms with Gasteiger partial charge in [0, 0.05) is 17.7 Å². The summed E-state index contributed by atoms with van der Waals surface area (Å²) in [7, 11) is 0. The molecule has 0 bridgehead atoms. The molecule has 0 amide bonds. The molecular formula is C24H27AlO7. The molecule has 0 heterocycles. The third-order valence-corrected chi connectivity index (χ3v) is 6.32. The fourth-order valence-corrected chi connectivity index (χ4v) is 4.27. The zero-order valence-corrected chi connectivity index (χ0v) is 19.6. The lowest BCUT2D eigenvalue weighted by Crippen LogP contribution is -2.39. The molecule has 0 saturated heterocycles. The maximum Gasteiger partial charge on any atom is 1.10 e. The van der Waals surface area contributed by atoms with Crippen LogP contribution >= 0.6 is 0 Å². The van der Waals surface area contributed by atoms with Gasteiger partial charge in [0.2, 0.25) is 0 Å². The average Bonchev–Trinajstić information content (AvgIpc) is 2.81. The van der Waals surface area contributed by atoms with Gasteiger partial charge in [0.05, 0.1) is 0 Å². The smallest absolute Gasteiger partial charge is 0.561 e. The highest BCUT2D eigenvalue weighted by Gasteiger charge is 2.46. The average molecular weight is 454 g/mol. The van der Waals surface area contributed by atoms with Crippen molar-refractivity contribution in [1.82, 2.24) is 0 Å². The van der Waals surface area contributed by atoms with Crippen LogP contribution in [0.15, 0.2) is 60.7 Å². The largest absolute Gasteiger partial charge is 1.10 e. The summed E-state index contributed by atoms with van der Waals surface area (Å²) >= 11 is -3.26. The standard InChI is InChI=1S/2C11H12O3.C2H5O.Al/c2*1-2-9(11(13)14)10(12)8-6-4-3-5-7-8;1-2-3;/h2*3-7,9H,2H2,1H3,(H,13,14);2H2,1H3;/q;;-1;+3/p-2. The van der Waals surface area contributed by atoms with Gasteiger partial charge in [0.1, 0.15) is 11.8 Å². The van der Waals surface area contributed by atoms with E-state index in [0.717, 1.165) is 0 Å². The molecule has 0 fully saturated rings. The van der Waals surface area contributed by atoms with Crippen molar-refractivity contribution in [3.8, 4) is 0 Å². The molecule has 0 N–H and O–H groups in total. The molecule has 0 aromatic heterocycles. The first-order valence-corrected chi connectivity index (χ1v) is 12.0. The van der Waals surface area contributed by atoms with Crippen molar-refractivity contribution in [2.24, 2.45) is 11.8 Å². The molecule has 168 valence electrons. The first-order chi connectivity index (χ1) is 15.4. The number of rotatable bonds is 12. The minimum atomic E-state index is -3.26. The predicted molar refractivity (Wildman–Crippen MR) is 119 cm³/mol. The van der Waals surface area contributed by atoms with Gasteiger partial charge < -0.3 is 11.4 Å².